The van der Waals surface area contributed by atoms with Gasteiger partial charge in [0.25, 0.3) is 0 Å². The van der Waals surface area contributed by atoms with Crippen molar-refractivity contribution in [2.45, 2.75) is 32.2 Å². The third-order valence-corrected chi connectivity index (χ3v) is 3.49. The predicted molar refractivity (Wildman–Crippen MR) is 65.3 cm³/mol. The van der Waals surface area contributed by atoms with Crippen LogP contribution in [0.5, 0.6) is 0 Å². The summed E-state index contributed by atoms with van der Waals surface area (Å²) in [4.78, 5) is 22.4. The smallest absolute Gasteiger partial charge is 0.315 e. The van der Waals surface area contributed by atoms with Gasteiger partial charge < -0.3 is 20.3 Å². The summed E-state index contributed by atoms with van der Waals surface area (Å²) in [7, 11) is 0. The Hall–Kier alpha value is -2.05. The van der Waals surface area contributed by atoms with Crippen molar-refractivity contribution >= 4 is 12.0 Å². The number of carbonyl (C=O) groups excluding carboxylic acids is 1. The second-order valence-corrected chi connectivity index (χ2v) is 4.95. The van der Waals surface area contributed by atoms with Gasteiger partial charge in [-0.25, -0.2) is 4.79 Å². The molecule has 3 N–H and O–H groups in total. The van der Waals surface area contributed by atoms with E-state index in [9.17, 15) is 9.59 Å². The van der Waals surface area contributed by atoms with Gasteiger partial charge in [0.15, 0.2) is 0 Å². The Morgan fingerprint density at radius 2 is 2.21 bits per heavy atom. The summed E-state index contributed by atoms with van der Waals surface area (Å²) in [5.41, 5.74) is 0.371. The zero-order valence-electron chi connectivity index (χ0n) is 10.5. The summed E-state index contributed by atoms with van der Waals surface area (Å²) in [6.45, 7) is 0.679. The number of carbonyl (C=O) groups is 2. The van der Waals surface area contributed by atoms with Crippen molar-refractivity contribution in [1.29, 1.82) is 0 Å². The van der Waals surface area contributed by atoms with Crippen LogP contribution in [0.4, 0.5) is 4.79 Å². The molecule has 0 bridgehead atoms. The highest BCUT2D eigenvalue weighted by Crippen LogP contribution is 2.43. The first-order valence-electron chi connectivity index (χ1n) is 6.22. The summed E-state index contributed by atoms with van der Waals surface area (Å²) in [6, 6.07) is 1.35. The van der Waals surface area contributed by atoms with Crippen molar-refractivity contribution < 1.29 is 19.2 Å². The molecule has 1 aromatic rings. The second-order valence-electron chi connectivity index (χ2n) is 4.95. The highest BCUT2D eigenvalue weighted by Gasteiger charge is 2.39. The van der Waals surface area contributed by atoms with E-state index in [1.807, 2.05) is 0 Å². The molecule has 7 heteroatoms. The number of amides is 2. The van der Waals surface area contributed by atoms with Crippen LogP contribution in [0, 0.1) is 5.41 Å². The molecule has 104 valence electrons. The van der Waals surface area contributed by atoms with E-state index in [1.54, 1.807) is 6.07 Å². The average Bonchev–Trinajstić information content (AvgIpc) is 2.82. The van der Waals surface area contributed by atoms with E-state index < -0.39 is 5.97 Å². The third kappa shape index (κ3) is 3.70. The van der Waals surface area contributed by atoms with E-state index in [1.165, 1.54) is 6.26 Å². The van der Waals surface area contributed by atoms with Crippen LogP contribution in [-0.4, -0.2) is 28.8 Å². The number of nitrogens with one attached hydrogen (secondary N) is 2. The van der Waals surface area contributed by atoms with E-state index in [-0.39, 0.29) is 24.4 Å². The van der Waals surface area contributed by atoms with Crippen LogP contribution in [0.25, 0.3) is 0 Å². The molecular weight excluding hydrogens is 250 g/mol. The molecule has 1 aromatic heterocycles. The molecule has 7 nitrogen and oxygen atoms in total. The van der Waals surface area contributed by atoms with Gasteiger partial charge in [-0.15, -0.1) is 0 Å². The number of hydrogen-bond acceptors (Lipinski definition) is 4. The molecule has 0 unspecified atom stereocenters. The van der Waals surface area contributed by atoms with Crippen LogP contribution in [-0.2, 0) is 11.3 Å². The van der Waals surface area contributed by atoms with Crippen LogP contribution < -0.4 is 10.6 Å². The largest absolute Gasteiger partial charge is 0.481 e. The topological polar surface area (TPSA) is 104 Å². The van der Waals surface area contributed by atoms with Gasteiger partial charge in [0, 0.05) is 12.6 Å². The zero-order chi connectivity index (χ0) is 13.7. The Morgan fingerprint density at radius 1 is 1.42 bits per heavy atom. The maximum atomic E-state index is 11.6. The number of urea groups is 1. The monoisotopic (exact) mass is 267 g/mol. The Kier molecular flexibility index (Phi) is 4.03. The van der Waals surface area contributed by atoms with Crippen molar-refractivity contribution in [2.24, 2.45) is 5.41 Å². The number of rotatable bonds is 6. The van der Waals surface area contributed by atoms with Crippen molar-refractivity contribution in [1.82, 2.24) is 15.8 Å². The molecule has 0 aliphatic heterocycles. The van der Waals surface area contributed by atoms with Gasteiger partial charge in [-0.2, -0.15) is 0 Å². The molecule has 0 spiro atoms. The van der Waals surface area contributed by atoms with Crippen LogP contribution >= 0.6 is 0 Å². The highest BCUT2D eigenvalue weighted by atomic mass is 16.5. The second kappa shape index (κ2) is 5.73. The Labute approximate surface area is 110 Å². The van der Waals surface area contributed by atoms with Crippen LogP contribution in [0.15, 0.2) is 16.9 Å². The molecule has 0 atom stereocenters. The maximum Gasteiger partial charge on any atom is 0.315 e. The fourth-order valence-corrected chi connectivity index (χ4v) is 2.24. The minimum atomic E-state index is -0.815. The van der Waals surface area contributed by atoms with E-state index >= 15 is 0 Å². The van der Waals surface area contributed by atoms with Crippen molar-refractivity contribution in [3.05, 3.63) is 18.0 Å². The molecule has 1 aliphatic carbocycles. The lowest BCUT2D eigenvalue weighted by atomic mass is 9.66. The quantitative estimate of drug-likeness (QED) is 0.716. The molecule has 2 amide bonds. The number of nitrogens with zero attached hydrogens (tertiary/aromatic N) is 1. The van der Waals surface area contributed by atoms with E-state index in [2.05, 4.69) is 20.3 Å². The fourth-order valence-electron chi connectivity index (χ4n) is 2.24. The van der Waals surface area contributed by atoms with Crippen LogP contribution in [0.2, 0.25) is 0 Å². The molecule has 2 rings (SSSR count). The molecule has 1 heterocycles. The van der Waals surface area contributed by atoms with Gasteiger partial charge in [-0.1, -0.05) is 11.6 Å². The van der Waals surface area contributed by atoms with E-state index in [0.717, 1.165) is 19.3 Å². The van der Waals surface area contributed by atoms with Crippen LogP contribution in [0.3, 0.4) is 0 Å². The maximum absolute atomic E-state index is 11.6. The van der Waals surface area contributed by atoms with Gasteiger partial charge in [-0.3, -0.25) is 4.79 Å². The average molecular weight is 267 g/mol. The summed E-state index contributed by atoms with van der Waals surface area (Å²) < 4.78 is 4.64. The summed E-state index contributed by atoms with van der Waals surface area (Å²) in [5, 5.41) is 17.9. The first-order chi connectivity index (χ1) is 9.10. The van der Waals surface area contributed by atoms with Crippen molar-refractivity contribution in [3.8, 4) is 0 Å². The summed E-state index contributed by atoms with van der Waals surface area (Å²) in [5.74, 6) is -0.815. The molecule has 0 radical (unpaired) electrons. The molecule has 19 heavy (non-hydrogen) atoms. The molecule has 0 saturated heterocycles. The molecule has 0 aromatic carbocycles. The number of hydrogen-bond donors (Lipinski definition) is 3. The van der Waals surface area contributed by atoms with Crippen LogP contribution in [0.1, 0.15) is 31.4 Å². The minimum absolute atomic E-state index is 0.108. The summed E-state index contributed by atoms with van der Waals surface area (Å²) >= 11 is 0. The first kappa shape index (κ1) is 13.4. The first-order valence-corrected chi connectivity index (χ1v) is 6.22. The van der Waals surface area contributed by atoms with E-state index in [4.69, 9.17) is 5.11 Å². The van der Waals surface area contributed by atoms with Gasteiger partial charge in [0.2, 0.25) is 0 Å². The van der Waals surface area contributed by atoms with Gasteiger partial charge in [0.05, 0.1) is 13.0 Å². The Balaban J connectivity index is 1.72. The predicted octanol–water partition coefficient (Wildman–Crippen LogP) is 1.12. The lowest BCUT2D eigenvalue weighted by molar-refractivity contribution is -0.141. The van der Waals surface area contributed by atoms with Crippen molar-refractivity contribution in [3.63, 3.8) is 0 Å². The minimum Gasteiger partial charge on any atom is -0.481 e. The number of aromatic nitrogens is 1. The Morgan fingerprint density at radius 3 is 2.74 bits per heavy atom. The lowest BCUT2D eigenvalue weighted by Gasteiger charge is -2.40. The molecule has 1 fully saturated rings. The summed E-state index contributed by atoms with van der Waals surface area (Å²) in [6.07, 6.45) is 4.27. The Bertz CT molecular complexity index is 440. The number of aliphatic carboxylic acids is 1. The highest BCUT2D eigenvalue weighted by molar-refractivity contribution is 5.74. The zero-order valence-corrected chi connectivity index (χ0v) is 10.5. The fraction of sp³-hybridized carbons (Fsp3) is 0.583. The normalized spacial score (nSPS) is 16.4. The standard InChI is InChI=1S/C12H17N3O4/c16-10(17)6-12(3-1-4-12)8-14-11(18)13-7-9-2-5-19-15-9/h2,5H,1,3-4,6-8H2,(H,16,17)(H2,13,14,18). The van der Waals surface area contributed by atoms with Gasteiger partial charge in [0.1, 0.15) is 12.0 Å². The SMILES string of the molecule is O=C(O)CC1(CNC(=O)NCc2ccon2)CCC1. The number of carboxylic acids is 1. The molecule has 1 saturated carbocycles. The molecular formula is C12H17N3O4. The molecule has 1 aliphatic rings. The lowest BCUT2D eigenvalue weighted by Crippen LogP contribution is -2.46. The van der Waals surface area contributed by atoms with Gasteiger partial charge >= 0.3 is 12.0 Å². The number of carboxylic acid groups (broad SMARTS) is 1. The third-order valence-electron chi connectivity index (χ3n) is 3.49. The van der Waals surface area contributed by atoms with Crippen molar-refractivity contribution in [2.75, 3.05) is 6.54 Å². The van der Waals surface area contributed by atoms with E-state index in [0.29, 0.717) is 12.2 Å². The van der Waals surface area contributed by atoms with Gasteiger partial charge in [-0.05, 0) is 18.3 Å².